The van der Waals surface area contributed by atoms with E-state index >= 15 is 0 Å². The van der Waals surface area contributed by atoms with Crippen LogP contribution in [0.3, 0.4) is 0 Å². The van der Waals surface area contributed by atoms with Crippen LogP contribution in [0.4, 0.5) is 0 Å². The standard InChI is InChI=1S/C60H93N3O4S/c1-5-9-13-17-21-25-29-33-45-64-54-40-37-52(38-41-54)39-42-55-43-44-59(68-55)56-51-63(62-61-56)53-49-57(65-46-34-30-26-22-18-14-10-6-2)60(67-48-36-32-28-24-20-16-12-8-4)58(50-53)66-47-35-31-27-23-19-15-11-7-3/h37-38,40-41,43-44,49-51H,5-36,45-48H2,1-4H3. The number of unbranched alkanes of at least 4 members (excludes halogenated alkanes) is 28. The van der Waals surface area contributed by atoms with E-state index in [1.807, 2.05) is 35.1 Å². The van der Waals surface area contributed by atoms with Gasteiger partial charge in [-0.1, -0.05) is 225 Å². The maximum atomic E-state index is 6.63. The van der Waals surface area contributed by atoms with E-state index in [0.717, 1.165) is 82.0 Å². The Balaban J connectivity index is 1.42. The lowest BCUT2D eigenvalue weighted by atomic mass is 10.1. The number of benzene rings is 2. The number of thiophene rings is 1. The summed E-state index contributed by atoms with van der Waals surface area (Å²) in [5.41, 5.74) is 2.62. The molecule has 0 unspecified atom stereocenters. The molecule has 0 atom stereocenters. The highest BCUT2D eigenvalue weighted by Gasteiger charge is 2.19. The fourth-order valence-electron chi connectivity index (χ4n) is 8.54. The van der Waals surface area contributed by atoms with E-state index in [9.17, 15) is 0 Å². The van der Waals surface area contributed by atoms with Crippen molar-refractivity contribution >= 4 is 11.3 Å². The molecule has 0 radical (unpaired) electrons. The van der Waals surface area contributed by atoms with Crippen LogP contribution in [0, 0.1) is 11.8 Å². The van der Waals surface area contributed by atoms with E-state index in [2.05, 4.69) is 74.1 Å². The molecule has 68 heavy (non-hydrogen) atoms. The van der Waals surface area contributed by atoms with Crippen LogP contribution in [-0.2, 0) is 0 Å². The summed E-state index contributed by atoms with van der Waals surface area (Å²) in [6.07, 6.45) is 42.5. The van der Waals surface area contributed by atoms with Gasteiger partial charge in [0.25, 0.3) is 0 Å². The molecule has 4 rings (SSSR count). The molecule has 0 saturated heterocycles. The van der Waals surface area contributed by atoms with Crippen molar-refractivity contribution in [2.24, 2.45) is 0 Å². The zero-order valence-corrected chi connectivity index (χ0v) is 44.4. The van der Waals surface area contributed by atoms with E-state index in [1.165, 1.54) is 180 Å². The topological polar surface area (TPSA) is 67.6 Å². The largest absolute Gasteiger partial charge is 0.494 e. The van der Waals surface area contributed by atoms with Crippen LogP contribution in [0.1, 0.15) is 244 Å². The number of hydrogen-bond donors (Lipinski definition) is 0. The quantitative estimate of drug-likeness (QED) is 0.0326. The van der Waals surface area contributed by atoms with E-state index in [4.69, 9.17) is 18.9 Å². The Kier molecular flexibility index (Phi) is 31.5. The van der Waals surface area contributed by atoms with Crippen LogP contribution >= 0.6 is 11.3 Å². The van der Waals surface area contributed by atoms with E-state index in [0.29, 0.717) is 19.8 Å². The smallest absolute Gasteiger partial charge is 0.203 e. The van der Waals surface area contributed by atoms with Crippen molar-refractivity contribution in [3.63, 3.8) is 0 Å². The van der Waals surface area contributed by atoms with Crippen molar-refractivity contribution < 1.29 is 18.9 Å². The van der Waals surface area contributed by atoms with Gasteiger partial charge in [-0.25, -0.2) is 4.68 Å². The molecular formula is C60H93N3O4S. The SMILES string of the molecule is CCCCCCCCCCOc1ccc(C#Cc2ccc(-c3cn(-c4cc(OCCCCCCCCCC)c(OCCCCCCCCCC)c(OCCCCCCCCCC)c4)nn3)s2)cc1. The molecule has 0 aliphatic rings. The molecule has 8 heteroatoms. The van der Waals surface area contributed by atoms with Crippen LogP contribution in [0.25, 0.3) is 16.3 Å². The monoisotopic (exact) mass is 952 g/mol. The van der Waals surface area contributed by atoms with Gasteiger partial charge in [0.1, 0.15) is 11.4 Å². The first kappa shape index (κ1) is 56.6. The van der Waals surface area contributed by atoms with Crippen molar-refractivity contribution in [3.05, 3.63) is 65.2 Å². The van der Waals surface area contributed by atoms with Crippen LogP contribution < -0.4 is 18.9 Å². The molecule has 7 nitrogen and oxygen atoms in total. The molecule has 0 spiro atoms. The minimum atomic E-state index is 0.642. The Bertz CT molecular complexity index is 1850. The summed E-state index contributed by atoms with van der Waals surface area (Å²) in [6, 6.07) is 16.4. The molecule has 0 N–H and O–H groups in total. The third-order valence-electron chi connectivity index (χ3n) is 12.8. The third kappa shape index (κ3) is 24.5. The zero-order chi connectivity index (χ0) is 48.0. The van der Waals surface area contributed by atoms with E-state index in [1.54, 1.807) is 11.3 Å². The van der Waals surface area contributed by atoms with Crippen LogP contribution in [-0.4, -0.2) is 41.4 Å². The lowest BCUT2D eigenvalue weighted by Crippen LogP contribution is -2.08. The fourth-order valence-corrected chi connectivity index (χ4v) is 9.35. The Labute approximate surface area is 419 Å². The predicted octanol–water partition coefficient (Wildman–Crippen LogP) is 18.5. The Morgan fingerprint density at radius 1 is 0.441 bits per heavy atom. The molecule has 0 bridgehead atoms. The molecule has 2 heterocycles. The first-order valence-corrected chi connectivity index (χ1v) is 28.8. The molecule has 2 aromatic heterocycles. The molecule has 2 aromatic carbocycles. The van der Waals surface area contributed by atoms with Crippen molar-refractivity contribution in [1.29, 1.82) is 0 Å². The summed E-state index contributed by atoms with van der Waals surface area (Å²) in [5, 5.41) is 9.27. The maximum Gasteiger partial charge on any atom is 0.203 e. The first-order chi connectivity index (χ1) is 33.6. The Morgan fingerprint density at radius 3 is 1.31 bits per heavy atom. The highest BCUT2D eigenvalue weighted by Crippen LogP contribution is 2.41. The third-order valence-corrected chi connectivity index (χ3v) is 13.9. The molecule has 4 aromatic rings. The van der Waals surface area contributed by atoms with E-state index in [-0.39, 0.29) is 0 Å². The maximum absolute atomic E-state index is 6.63. The van der Waals surface area contributed by atoms with Gasteiger partial charge in [0.2, 0.25) is 5.75 Å². The second kappa shape index (κ2) is 37.9. The highest BCUT2D eigenvalue weighted by molar-refractivity contribution is 7.16. The number of nitrogens with zero attached hydrogens (tertiary/aromatic N) is 3. The highest BCUT2D eigenvalue weighted by atomic mass is 32.1. The first-order valence-electron chi connectivity index (χ1n) is 28.0. The van der Waals surface area contributed by atoms with Crippen molar-refractivity contribution in [2.75, 3.05) is 26.4 Å². The molecular weight excluding hydrogens is 859 g/mol. The summed E-state index contributed by atoms with van der Waals surface area (Å²) in [4.78, 5) is 2.00. The minimum Gasteiger partial charge on any atom is -0.494 e. The van der Waals surface area contributed by atoms with Gasteiger partial charge < -0.3 is 18.9 Å². The fraction of sp³-hybridized carbons (Fsp3) is 0.667. The van der Waals surface area contributed by atoms with Crippen LogP contribution in [0.15, 0.2) is 54.7 Å². The Morgan fingerprint density at radius 2 is 0.853 bits per heavy atom. The average molecular weight is 952 g/mol. The van der Waals surface area contributed by atoms with Crippen molar-refractivity contribution in [1.82, 2.24) is 15.0 Å². The van der Waals surface area contributed by atoms with Crippen molar-refractivity contribution in [2.45, 2.75) is 233 Å². The summed E-state index contributed by atoms with van der Waals surface area (Å²) in [5.74, 6) is 9.79. The van der Waals surface area contributed by atoms with Gasteiger partial charge >= 0.3 is 0 Å². The van der Waals surface area contributed by atoms with Gasteiger partial charge in [-0.2, -0.15) is 0 Å². The number of rotatable bonds is 42. The molecule has 378 valence electrons. The van der Waals surface area contributed by atoms with E-state index < -0.39 is 0 Å². The van der Waals surface area contributed by atoms with Gasteiger partial charge in [-0.05, 0) is 62.1 Å². The lowest BCUT2D eigenvalue weighted by Gasteiger charge is -2.19. The van der Waals surface area contributed by atoms with Gasteiger partial charge in [0, 0.05) is 17.7 Å². The number of hydrogen-bond acceptors (Lipinski definition) is 7. The van der Waals surface area contributed by atoms with Crippen LogP contribution in [0.2, 0.25) is 0 Å². The van der Waals surface area contributed by atoms with Gasteiger partial charge in [-0.3, -0.25) is 0 Å². The second-order valence-electron chi connectivity index (χ2n) is 19.1. The second-order valence-corrected chi connectivity index (χ2v) is 20.1. The molecule has 0 amide bonds. The molecule has 0 aliphatic carbocycles. The summed E-state index contributed by atoms with van der Waals surface area (Å²) < 4.78 is 27.8. The molecule has 0 aliphatic heterocycles. The van der Waals surface area contributed by atoms with Gasteiger partial charge in [-0.15, -0.1) is 16.4 Å². The van der Waals surface area contributed by atoms with Crippen molar-refractivity contribution in [3.8, 4) is 51.1 Å². The zero-order valence-electron chi connectivity index (χ0n) is 43.5. The summed E-state index contributed by atoms with van der Waals surface area (Å²) in [6.45, 7) is 11.8. The van der Waals surface area contributed by atoms with Gasteiger partial charge in [0.15, 0.2) is 11.5 Å². The number of ether oxygens (including phenoxy) is 4. The summed E-state index contributed by atoms with van der Waals surface area (Å²) >= 11 is 1.63. The average Bonchev–Trinajstić information content (AvgIpc) is 4.05. The van der Waals surface area contributed by atoms with Crippen LogP contribution in [0.5, 0.6) is 23.0 Å². The Hall–Kier alpha value is -3.96. The predicted molar refractivity (Wildman–Crippen MR) is 290 cm³/mol. The molecule has 0 saturated carbocycles. The molecule has 0 fully saturated rings. The number of aromatic nitrogens is 3. The summed E-state index contributed by atoms with van der Waals surface area (Å²) in [7, 11) is 0. The normalized spacial score (nSPS) is 11.2. The van der Waals surface area contributed by atoms with Gasteiger partial charge in [0.05, 0.1) is 48.1 Å². The minimum absolute atomic E-state index is 0.642. The lowest BCUT2D eigenvalue weighted by molar-refractivity contribution is 0.234.